The monoisotopic (exact) mass is 213 g/mol. The molecule has 1 saturated heterocycles. The number of nitrogens with two attached hydrogens (primary N) is 1. The van der Waals surface area contributed by atoms with Crippen LogP contribution in [0.3, 0.4) is 0 Å². The van der Waals surface area contributed by atoms with Crippen molar-refractivity contribution in [1.29, 1.82) is 0 Å². The van der Waals surface area contributed by atoms with Crippen LogP contribution in [0.2, 0.25) is 0 Å². The SMILES string of the molecule is CCCC(C)C(CN)NN1CCCCC1. The Labute approximate surface area is 94.4 Å². The zero-order valence-electron chi connectivity index (χ0n) is 10.3. The summed E-state index contributed by atoms with van der Waals surface area (Å²) in [4.78, 5) is 0. The zero-order chi connectivity index (χ0) is 11.1. The fourth-order valence-electron chi connectivity index (χ4n) is 2.33. The lowest BCUT2D eigenvalue weighted by molar-refractivity contribution is 0.110. The van der Waals surface area contributed by atoms with Crippen LogP contribution in [0, 0.1) is 5.92 Å². The van der Waals surface area contributed by atoms with Gasteiger partial charge < -0.3 is 5.73 Å². The zero-order valence-corrected chi connectivity index (χ0v) is 10.3. The molecule has 3 nitrogen and oxygen atoms in total. The van der Waals surface area contributed by atoms with Crippen molar-refractivity contribution in [2.75, 3.05) is 19.6 Å². The van der Waals surface area contributed by atoms with Gasteiger partial charge in [0.05, 0.1) is 0 Å². The Morgan fingerprint density at radius 2 is 1.93 bits per heavy atom. The molecule has 2 unspecified atom stereocenters. The standard InChI is InChI=1S/C12H27N3/c1-3-7-11(2)12(10-13)14-15-8-5-4-6-9-15/h11-12,14H,3-10,13H2,1-2H3. The molecule has 0 aliphatic carbocycles. The summed E-state index contributed by atoms with van der Waals surface area (Å²) in [5, 5.41) is 2.37. The Kier molecular flexibility index (Phi) is 6.22. The van der Waals surface area contributed by atoms with E-state index in [-0.39, 0.29) is 0 Å². The molecule has 0 aromatic rings. The first-order valence-electron chi connectivity index (χ1n) is 6.49. The molecule has 0 radical (unpaired) electrons. The summed E-state index contributed by atoms with van der Waals surface area (Å²) < 4.78 is 0. The minimum Gasteiger partial charge on any atom is -0.329 e. The van der Waals surface area contributed by atoms with Gasteiger partial charge >= 0.3 is 0 Å². The Bertz CT molecular complexity index is 155. The van der Waals surface area contributed by atoms with E-state index in [2.05, 4.69) is 24.3 Å². The first-order chi connectivity index (χ1) is 7.27. The minimum absolute atomic E-state index is 0.461. The van der Waals surface area contributed by atoms with E-state index in [0.717, 1.165) is 6.54 Å². The smallest absolute Gasteiger partial charge is 0.0363 e. The summed E-state index contributed by atoms with van der Waals surface area (Å²) in [5.41, 5.74) is 9.43. The summed E-state index contributed by atoms with van der Waals surface area (Å²) >= 11 is 0. The first kappa shape index (κ1) is 12.9. The molecule has 1 heterocycles. The van der Waals surface area contributed by atoms with E-state index in [1.165, 1.54) is 45.2 Å². The van der Waals surface area contributed by atoms with Gasteiger partial charge in [0.25, 0.3) is 0 Å². The van der Waals surface area contributed by atoms with E-state index in [1.807, 2.05) is 0 Å². The average Bonchev–Trinajstić information content (AvgIpc) is 2.27. The molecule has 1 fully saturated rings. The molecular weight excluding hydrogens is 186 g/mol. The van der Waals surface area contributed by atoms with Crippen molar-refractivity contribution in [2.45, 2.75) is 52.0 Å². The second kappa shape index (κ2) is 7.20. The highest BCUT2D eigenvalue weighted by atomic mass is 15.5. The molecule has 0 spiro atoms. The van der Waals surface area contributed by atoms with E-state index in [1.54, 1.807) is 0 Å². The molecule has 0 aromatic heterocycles. The lowest BCUT2D eigenvalue weighted by Gasteiger charge is -2.33. The highest BCUT2D eigenvalue weighted by Crippen LogP contribution is 2.12. The van der Waals surface area contributed by atoms with Crippen molar-refractivity contribution < 1.29 is 0 Å². The molecule has 0 aromatic carbocycles. The second-order valence-corrected chi connectivity index (χ2v) is 4.78. The van der Waals surface area contributed by atoms with Crippen molar-refractivity contribution in [3.05, 3.63) is 0 Å². The largest absolute Gasteiger partial charge is 0.329 e. The van der Waals surface area contributed by atoms with Gasteiger partial charge in [-0.1, -0.05) is 26.7 Å². The summed E-state index contributed by atoms with van der Waals surface area (Å²) in [6.45, 7) is 7.67. The molecule has 15 heavy (non-hydrogen) atoms. The molecule has 1 rings (SSSR count). The maximum Gasteiger partial charge on any atom is 0.0363 e. The van der Waals surface area contributed by atoms with Gasteiger partial charge in [0.2, 0.25) is 0 Å². The average molecular weight is 213 g/mol. The number of hydrogen-bond donors (Lipinski definition) is 2. The van der Waals surface area contributed by atoms with Gasteiger partial charge in [0.1, 0.15) is 0 Å². The highest BCUT2D eigenvalue weighted by molar-refractivity contribution is 4.74. The first-order valence-corrected chi connectivity index (χ1v) is 6.49. The van der Waals surface area contributed by atoms with Crippen LogP contribution >= 0.6 is 0 Å². The van der Waals surface area contributed by atoms with Gasteiger partial charge in [-0.2, -0.15) is 0 Å². The van der Waals surface area contributed by atoms with E-state index >= 15 is 0 Å². The molecule has 1 aliphatic rings. The van der Waals surface area contributed by atoms with E-state index < -0.39 is 0 Å². The summed E-state index contributed by atoms with van der Waals surface area (Å²) in [6, 6.07) is 0.461. The van der Waals surface area contributed by atoms with Crippen molar-refractivity contribution >= 4 is 0 Å². The molecular formula is C12H27N3. The van der Waals surface area contributed by atoms with Crippen molar-refractivity contribution in [2.24, 2.45) is 11.7 Å². The van der Waals surface area contributed by atoms with Gasteiger partial charge in [-0.15, -0.1) is 0 Å². The van der Waals surface area contributed by atoms with Crippen LogP contribution in [0.25, 0.3) is 0 Å². The maximum atomic E-state index is 5.83. The van der Waals surface area contributed by atoms with Crippen LogP contribution in [-0.4, -0.2) is 30.7 Å². The van der Waals surface area contributed by atoms with Gasteiger partial charge in [0.15, 0.2) is 0 Å². The number of hydrogen-bond acceptors (Lipinski definition) is 3. The Morgan fingerprint density at radius 3 is 2.47 bits per heavy atom. The summed E-state index contributed by atoms with van der Waals surface area (Å²) in [7, 11) is 0. The third-order valence-electron chi connectivity index (χ3n) is 3.39. The van der Waals surface area contributed by atoms with Crippen LogP contribution in [0.4, 0.5) is 0 Å². The van der Waals surface area contributed by atoms with Gasteiger partial charge in [-0.05, 0) is 25.2 Å². The molecule has 0 saturated carbocycles. The lowest BCUT2D eigenvalue weighted by atomic mass is 9.97. The topological polar surface area (TPSA) is 41.3 Å². The Balaban J connectivity index is 2.30. The molecule has 3 heteroatoms. The lowest BCUT2D eigenvalue weighted by Crippen LogP contribution is -2.52. The predicted octanol–water partition coefficient (Wildman–Crippen LogP) is 1.74. The number of nitrogens with one attached hydrogen (secondary N) is 1. The van der Waals surface area contributed by atoms with Gasteiger partial charge in [0, 0.05) is 25.7 Å². The van der Waals surface area contributed by atoms with Crippen LogP contribution < -0.4 is 11.2 Å². The van der Waals surface area contributed by atoms with Crippen molar-refractivity contribution in [3.8, 4) is 0 Å². The third kappa shape index (κ3) is 4.49. The number of piperidine rings is 1. The van der Waals surface area contributed by atoms with Crippen LogP contribution in [0.1, 0.15) is 46.0 Å². The second-order valence-electron chi connectivity index (χ2n) is 4.78. The van der Waals surface area contributed by atoms with Gasteiger partial charge in [-0.25, -0.2) is 5.01 Å². The van der Waals surface area contributed by atoms with E-state index in [9.17, 15) is 0 Å². The molecule has 0 amide bonds. The Hall–Kier alpha value is -0.120. The van der Waals surface area contributed by atoms with Crippen LogP contribution in [0.5, 0.6) is 0 Å². The number of hydrazine groups is 1. The van der Waals surface area contributed by atoms with E-state index in [0.29, 0.717) is 12.0 Å². The fourth-order valence-corrected chi connectivity index (χ4v) is 2.33. The Morgan fingerprint density at radius 1 is 1.27 bits per heavy atom. The summed E-state index contributed by atoms with van der Waals surface area (Å²) in [6.07, 6.45) is 6.55. The number of rotatable bonds is 6. The van der Waals surface area contributed by atoms with Crippen molar-refractivity contribution in [3.63, 3.8) is 0 Å². The molecule has 0 bridgehead atoms. The van der Waals surface area contributed by atoms with Gasteiger partial charge in [-0.3, -0.25) is 5.43 Å². The van der Waals surface area contributed by atoms with E-state index in [4.69, 9.17) is 5.73 Å². The molecule has 3 N–H and O–H groups in total. The normalized spacial score (nSPS) is 22.6. The van der Waals surface area contributed by atoms with Crippen molar-refractivity contribution in [1.82, 2.24) is 10.4 Å². The fraction of sp³-hybridized carbons (Fsp3) is 1.00. The minimum atomic E-state index is 0.461. The highest BCUT2D eigenvalue weighted by Gasteiger charge is 2.18. The third-order valence-corrected chi connectivity index (χ3v) is 3.39. The molecule has 1 aliphatic heterocycles. The van der Waals surface area contributed by atoms with Crippen LogP contribution in [-0.2, 0) is 0 Å². The molecule has 2 atom stereocenters. The molecule has 90 valence electrons. The number of nitrogens with zero attached hydrogens (tertiary/aromatic N) is 1. The summed E-state index contributed by atoms with van der Waals surface area (Å²) in [5.74, 6) is 0.682. The maximum absolute atomic E-state index is 5.83. The predicted molar refractivity (Wildman–Crippen MR) is 65.5 cm³/mol. The van der Waals surface area contributed by atoms with Crippen LogP contribution in [0.15, 0.2) is 0 Å². The quantitative estimate of drug-likeness (QED) is 0.706.